The first-order valence-electron chi connectivity index (χ1n) is 9.90. The topological polar surface area (TPSA) is 167 Å². The zero-order valence-electron chi connectivity index (χ0n) is 17.5. The Morgan fingerprint density at radius 2 is 1.94 bits per heavy atom. The highest BCUT2D eigenvalue weighted by Crippen LogP contribution is 2.29. The van der Waals surface area contributed by atoms with Gasteiger partial charge in [0.05, 0.1) is 33.7 Å². The number of aromatic nitrogens is 4. The van der Waals surface area contributed by atoms with Crippen molar-refractivity contribution in [1.82, 2.24) is 19.5 Å². The van der Waals surface area contributed by atoms with Gasteiger partial charge >= 0.3 is 0 Å². The number of aliphatic hydroxyl groups excluding tert-OH is 4. The molecule has 12 heteroatoms. The minimum absolute atomic E-state index is 0.276. The van der Waals surface area contributed by atoms with Crippen molar-refractivity contribution in [2.45, 2.75) is 37.2 Å². The first-order valence-corrected chi connectivity index (χ1v) is 9.90. The number of aromatic amines is 1. The lowest BCUT2D eigenvalue weighted by atomic mass is 9.98. The van der Waals surface area contributed by atoms with Crippen LogP contribution in [0.25, 0.3) is 11.2 Å². The molecule has 0 radical (unpaired) electrons. The SMILES string of the molecule is COc1ccc(CN=c2ncn(C3O[C@H](CO)[C@@H](O)[C@H](O)[C@H]3O)c3nc[nH]c23)c(OC)c1. The Balaban J connectivity index is 1.69. The second kappa shape index (κ2) is 9.22. The van der Waals surface area contributed by atoms with Gasteiger partial charge in [-0.3, -0.25) is 9.56 Å². The number of fused-ring (bicyclic) bond motifs is 1. The molecule has 12 nitrogen and oxygen atoms in total. The summed E-state index contributed by atoms with van der Waals surface area (Å²) >= 11 is 0. The Kier molecular flexibility index (Phi) is 6.39. The van der Waals surface area contributed by atoms with Crippen molar-refractivity contribution in [3.05, 3.63) is 41.9 Å². The summed E-state index contributed by atoms with van der Waals surface area (Å²) in [5.41, 5.74) is 2.05. The van der Waals surface area contributed by atoms with Gasteiger partial charge in [-0.2, -0.15) is 0 Å². The third-order valence-corrected chi connectivity index (χ3v) is 5.43. The van der Waals surface area contributed by atoms with Gasteiger partial charge in [0.15, 0.2) is 17.4 Å². The number of ether oxygens (including phenoxy) is 3. The van der Waals surface area contributed by atoms with Crippen LogP contribution in [0.4, 0.5) is 0 Å². The molecule has 3 heterocycles. The number of methoxy groups -OCH3 is 2. The van der Waals surface area contributed by atoms with E-state index >= 15 is 0 Å². The normalized spacial score (nSPS) is 26.4. The predicted molar refractivity (Wildman–Crippen MR) is 110 cm³/mol. The summed E-state index contributed by atoms with van der Waals surface area (Å²) < 4.78 is 17.6. The summed E-state index contributed by atoms with van der Waals surface area (Å²) in [4.78, 5) is 16.1. The Morgan fingerprint density at radius 1 is 1.12 bits per heavy atom. The second-order valence-electron chi connectivity index (χ2n) is 7.29. The van der Waals surface area contributed by atoms with Crippen molar-refractivity contribution in [3.63, 3.8) is 0 Å². The van der Waals surface area contributed by atoms with E-state index < -0.39 is 37.3 Å². The van der Waals surface area contributed by atoms with Gasteiger partial charge in [0.25, 0.3) is 0 Å². The van der Waals surface area contributed by atoms with Crippen LogP contribution in [0, 0.1) is 0 Å². The zero-order chi connectivity index (χ0) is 22.8. The van der Waals surface area contributed by atoms with Crippen molar-refractivity contribution in [1.29, 1.82) is 0 Å². The molecule has 4 rings (SSSR count). The number of hydrogen-bond donors (Lipinski definition) is 5. The van der Waals surface area contributed by atoms with Gasteiger partial charge in [0, 0.05) is 11.6 Å². The van der Waals surface area contributed by atoms with Crippen LogP contribution >= 0.6 is 0 Å². The monoisotopic (exact) mass is 447 g/mol. The average Bonchev–Trinajstić information content (AvgIpc) is 3.32. The van der Waals surface area contributed by atoms with Crippen molar-refractivity contribution in [3.8, 4) is 11.5 Å². The lowest BCUT2D eigenvalue weighted by Gasteiger charge is -2.40. The second-order valence-corrected chi connectivity index (χ2v) is 7.29. The summed E-state index contributed by atoms with van der Waals surface area (Å²) in [5, 5.41) is 40.0. The molecule has 32 heavy (non-hydrogen) atoms. The maximum atomic E-state index is 10.4. The fourth-order valence-corrected chi connectivity index (χ4v) is 3.64. The third kappa shape index (κ3) is 3.94. The van der Waals surface area contributed by atoms with Crippen molar-refractivity contribution in [2.75, 3.05) is 20.8 Å². The molecule has 3 aromatic rings. The maximum absolute atomic E-state index is 10.4. The molecular weight excluding hydrogens is 422 g/mol. The third-order valence-electron chi connectivity index (χ3n) is 5.43. The molecule has 0 spiro atoms. The molecule has 1 aromatic carbocycles. The maximum Gasteiger partial charge on any atom is 0.177 e. The van der Waals surface area contributed by atoms with E-state index in [1.807, 2.05) is 12.1 Å². The molecule has 1 unspecified atom stereocenters. The lowest BCUT2D eigenvalue weighted by Crippen LogP contribution is -2.56. The number of H-pyrrole nitrogens is 1. The van der Waals surface area contributed by atoms with Crippen molar-refractivity contribution < 1.29 is 34.6 Å². The lowest BCUT2D eigenvalue weighted by molar-refractivity contribution is -0.250. The number of rotatable bonds is 6. The average molecular weight is 447 g/mol. The fraction of sp³-hybridized carbons (Fsp3) is 0.450. The molecule has 0 saturated carbocycles. The Bertz CT molecular complexity index is 1140. The largest absolute Gasteiger partial charge is 0.497 e. The minimum Gasteiger partial charge on any atom is -0.497 e. The quantitative estimate of drug-likeness (QED) is 0.313. The van der Waals surface area contributed by atoms with E-state index in [4.69, 9.17) is 14.2 Å². The van der Waals surface area contributed by atoms with E-state index in [0.29, 0.717) is 28.2 Å². The van der Waals surface area contributed by atoms with E-state index in [0.717, 1.165) is 5.56 Å². The van der Waals surface area contributed by atoms with E-state index in [2.05, 4.69) is 19.9 Å². The first-order chi connectivity index (χ1) is 15.5. The number of benzene rings is 1. The summed E-state index contributed by atoms with van der Waals surface area (Å²) in [6, 6.07) is 5.43. The van der Waals surface area contributed by atoms with Crippen LogP contribution in [0.1, 0.15) is 11.8 Å². The molecule has 1 fully saturated rings. The number of imidazole rings is 1. The number of hydrogen-bond acceptors (Lipinski definition) is 10. The molecule has 5 N–H and O–H groups in total. The summed E-state index contributed by atoms with van der Waals surface area (Å²) in [6.45, 7) is -0.255. The van der Waals surface area contributed by atoms with Crippen LogP contribution in [-0.2, 0) is 11.3 Å². The zero-order valence-corrected chi connectivity index (χ0v) is 17.5. The van der Waals surface area contributed by atoms with Crippen LogP contribution < -0.4 is 15.0 Å². The summed E-state index contributed by atoms with van der Waals surface area (Å²) in [6.07, 6.45) is -3.79. The summed E-state index contributed by atoms with van der Waals surface area (Å²) in [7, 11) is 3.14. The molecule has 5 atom stereocenters. The van der Waals surface area contributed by atoms with E-state index in [9.17, 15) is 20.4 Å². The minimum atomic E-state index is -1.51. The van der Waals surface area contributed by atoms with Gasteiger partial charge < -0.3 is 39.6 Å². The van der Waals surface area contributed by atoms with Gasteiger partial charge in [-0.1, -0.05) is 0 Å². The van der Waals surface area contributed by atoms with Gasteiger partial charge in [0.2, 0.25) is 0 Å². The van der Waals surface area contributed by atoms with E-state index in [1.165, 1.54) is 17.2 Å². The Hall–Kier alpha value is -3.03. The van der Waals surface area contributed by atoms with Crippen LogP contribution in [0.2, 0.25) is 0 Å². The fourth-order valence-electron chi connectivity index (χ4n) is 3.64. The molecule has 1 aliphatic rings. The van der Waals surface area contributed by atoms with Crippen LogP contribution in [0.5, 0.6) is 11.5 Å². The highest BCUT2D eigenvalue weighted by molar-refractivity contribution is 5.68. The highest BCUT2D eigenvalue weighted by Gasteiger charge is 2.44. The van der Waals surface area contributed by atoms with Gasteiger partial charge in [-0.15, -0.1) is 0 Å². The van der Waals surface area contributed by atoms with Crippen molar-refractivity contribution >= 4 is 11.2 Å². The van der Waals surface area contributed by atoms with Crippen LogP contribution in [-0.4, -0.2) is 85.2 Å². The van der Waals surface area contributed by atoms with Crippen LogP contribution in [0.3, 0.4) is 0 Å². The molecule has 1 aliphatic heterocycles. The Labute approximate surface area is 182 Å². The molecule has 0 bridgehead atoms. The van der Waals surface area contributed by atoms with Gasteiger partial charge in [0.1, 0.15) is 47.8 Å². The van der Waals surface area contributed by atoms with E-state index in [-0.39, 0.29) is 6.54 Å². The van der Waals surface area contributed by atoms with E-state index in [1.54, 1.807) is 20.3 Å². The van der Waals surface area contributed by atoms with Gasteiger partial charge in [-0.25, -0.2) is 9.97 Å². The number of nitrogens with zero attached hydrogens (tertiary/aromatic N) is 4. The smallest absolute Gasteiger partial charge is 0.177 e. The molecule has 2 aromatic heterocycles. The summed E-state index contributed by atoms with van der Waals surface area (Å²) in [5.74, 6) is 1.29. The molecule has 172 valence electrons. The van der Waals surface area contributed by atoms with Gasteiger partial charge in [-0.05, 0) is 12.1 Å². The predicted octanol–water partition coefficient (Wildman–Crippen LogP) is -1.15. The highest BCUT2D eigenvalue weighted by atomic mass is 16.6. The van der Waals surface area contributed by atoms with Crippen molar-refractivity contribution in [2.24, 2.45) is 4.99 Å². The van der Waals surface area contributed by atoms with Crippen LogP contribution in [0.15, 0.2) is 35.8 Å². The number of nitrogens with one attached hydrogen (secondary N) is 1. The first kappa shape index (κ1) is 22.2. The molecule has 0 amide bonds. The number of aliphatic hydroxyl groups is 4. The molecule has 0 aliphatic carbocycles. The molecule has 1 saturated heterocycles. The Morgan fingerprint density at radius 3 is 2.66 bits per heavy atom. The standard InChI is InChI=1S/C20H25N5O7/c1-30-11-4-3-10(12(5-11)31-2)6-21-18-14-19(23-8-22-14)25(9-24-18)20-17(29)16(28)15(27)13(7-26)32-20/h3-5,8-9,13,15-17,20,26-29H,6-7H2,1-2H3,(H,22,23)/t13-,15-,16+,17-,20?/m1/s1. The molecular formula is C20H25N5O7.